The molecule has 0 aliphatic carbocycles. The number of furan rings is 1. The molecule has 0 radical (unpaired) electrons. The maximum atomic E-state index is 12.4. The van der Waals surface area contributed by atoms with E-state index in [2.05, 4.69) is 10.3 Å². The Bertz CT molecular complexity index is 1020. The second-order valence-corrected chi connectivity index (χ2v) is 6.46. The van der Waals surface area contributed by atoms with Crippen LogP contribution in [0.3, 0.4) is 0 Å². The summed E-state index contributed by atoms with van der Waals surface area (Å²) in [6, 6.07) is 10.2. The zero-order valence-electron chi connectivity index (χ0n) is 15.0. The van der Waals surface area contributed by atoms with E-state index in [9.17, 15) is 9.59 Å². The van der Waals surface area contributed by atoms with Gasteiger partial charge >= 0.3 is 0 Å². The van der Waals surface area contributed by atoms with Crippen LogP contribution < -0.4 is 14.9 Å². The number of hydrogen-bond donors (Lipinski definition) is 1. The number of rotatable bonds is 6. The van der Waals surface area contributed by atoms with E-state index >= 15 is 0 Å². The molecule has 0 aliphatic heterocycles. The van der Waals surface area contributed by atoms with Gasteiger partial charge in [-0.25, -0.2) is 0 Å². The zero-order chi connectivity index (χ0) is 19.2. The lowest BCUT2D eigenvalue weighted by atomic mass is 10.2. The molecule has 0 saturated heterocycles. The average Bonchev–Trinajstić information content (AvgIpc) is 3.32. The number of benzene rings is 1. The van der Waals surface area contributed by atoms with Gasteiger partial charge < -0.3 is 19.0 Å². The summed E-state index contributed by atoms with van der Waals surface area (Å²) in [5.74, 6) is 0.854. The molecule has 0 unspecified atom stereocenters. The third-order valence-electron chi connectivity index (χ3n) is 3.72. The van der Waals surface area contributed by atoms with Crippen molar-refractivity contribution in [3.05, 3.63) is 69.9 Å². The topological polar surface area (TPSA) is 85.8 Å². The predicted molar refractivity (Wildman–Crippen MR) is 101 cm³/mol. The quantitative estimate of drug-likeness (QED) is 0.707. The second kappa shape index (κ2) is 8.50. The van der Waals surface area contributed by atoms with E-state index in [1.54, 1.807) is 48.1 Å². The Morgan fingerprint density at radius 3 is 2.93 bits per heavy atom. The number of nitrogens with zero attached hydrogens (tertiary/aromatic N) is 2. The van der Waals surface area contributed by atoms with Crippen molar-refractivity contribution in [2.24, 2.45) is 4.99 Å². The lowest BCUT2D eigenvalue weighted by molar-refractivity contribution is 0.0925. The molecule has 0 fully saturated rings. The minimum Gasteiger partial charge on any atom is -0.497 e. The normalized spacial score (nSPS) is 11.4. The van der Waals surface area contributed by atoms with Gasteiger partial charge in [-0.1, -0.05) is 6.07 Å². The van der Waals surface area contributed by atoms with Crippen LogP contribution in [0.25, 0.3) is 0 Å². The summed E-state index contributed by atoms with van der Waals surface area (Å²) in [7, 11) is 1.55. The number of amides is 2. The van der Waals surface area contributed by atoms with E-state index in [1.807, 2.05) is 18.5 Å². The van der Waals surface area contributed by atoms with E-state index in [0.29, 0.717) is 35.0 Å². The van der Waals surface area contributed by atoms with Crippen molar-refractivity contribution < 1.29 is 18.7 Å². The van der Waals surface area contributed by atoms with Crippen LogP contribution in [0.15, 0.2) is 57.4 Å². The Morgan fingerprint density at radius 1 is 1.30 bits per heavy atom. The molecule has 3 aromatic rings. The fourth-order valence-corrected chi connectivity index (χ4v) is 3.14. The number of carbonyl (C=O) groups excluding carboxylic acids is 2. The Hall–Kier alpha value is -3.13. The van der Waals surface area contributed by atoms with Gasteiger partial charge in [0.2, 0.25) is 0 Å². The van der Waals surface area contributed by atoms with Crippen LogP contribution in [0.1, 0.15) is 33.6 Å². The van der Waals surface area contributed by atoms with Crippen LogP contribution >= 0.6 is 11.3 Å². The van der Waals surface area contributed by atoms with Gasteiger partial charge in [-0.15, -0.1) is 11.3 Å². The molecular formula is C19H19N3O4S. The number of hydrogen-bond acceptors (Lipinski definition) is 5. The summed E-state index contributed by atoms with van der Waals surface area (Å²) in [5.41, 5.74) is 0.450. The highest BCUT2D eigenvalue weighted by atomic mass is 32.1. The molecule has 27 heavy (non-hydrogen) atoms. The molecule has 3 rings (SSSR count). The molecule has 1 aromatic carbocycles. The Balaban J connectivity index is 1.80. The van der Waals surface area contributed by atoms with Gasteiger partial charge in [0.05, 0.1) is 13.7 Å². The first kappa shape index (κ1) is 18.7. The molecule has 140 valence electrons. The van der Waals surface area contributed by atoms with Gasteiger partial charge in [-0.2, -0.15) is 4.99 Å². The molecule has 1 N–H and O–H groups in total. The fraction of sp³-hybridized carbons (Fsp3) is 0.211. The molecule has 0 aliphatic rings. The number of thiazole rings is 1. The maximum Gasteiger partial charge on any atom is 0.286 e. The van der Waals surface area contributed by atoms with E-state index in [1.165, 1.54) is 11.3 Å². The number of aromatic nitrogens is 1. The standard InChI is InChI=1S/C19H19N3O4S/c1-3-20-18(24)16-8-7-15(26-16)12-22-9-10-27-19(22)21-17(23)13-5-4-6-14(11-13)25-2/h4-11H,3,12H2,1-2H3,(H,20,24). The minimum atomic E-state index is -0.354. The summed E-state index contributed by atoms with van der Waals surface area (Å²) in [4.78, 5) is 29.0. The monoisotopic (exact) mass is 385 g/mol. The van der Waals surface area contributed by atoms with Crippen molar-refractivity contribution in [3.8, 4) is 5.75 Å². The van der Waals surface area contributed by atoms with Crippen LogP contribution in [0.5, 0.6) is 5.75 Å². The van der Waals surface area contributed by atoms with Crippen LogP contribution in [0.4, 0.5) is 0 Å². The van der Waals surface area contributed by atoms with Gasteiger partial charge in [0, 0.05) is 23.7 Å². The lowest BCUT2D eigenvalue weighted by Gasteiger charge is -2.02. The van der Waals surface area contributed by atoms with Crippen molar-refractivity contribution in [2.75, 3.05) is 13.7 Å². The van der Waals surface area contributed by atoms with Crippen molar-refractivity contribution in [1.29, 1.82) is 0 Å². The second-order valence-electron chi connectivity index (χ2n) is 5.59. The molecule has 0 spiro atoms. The first-order valence-electron chi connectivity index (χ1n) is 8.34. The summed E-state index contributed by atoms with van der Waals surface area (Å²) in [6.07, 6.45) is 1.82. The number of carbonyl (C=O) groups is 2. The SMILES string of the molecule is CCNC(=O)c1ccc(Cn2ccsc2=NC(=O)c2cccc(OC)c2)o1. The average molecular weight is 385 g/mol. The Kier molecular flexibility index (Phi) is 5.87. The largest absolute Gasteiger partial charge is 0.497 e. The summed E-state index contributed by atoms with van der Waals surface area (Å²) < 4.78 is 12.5. The number of ether oxygens (including phenoxy) is 1. The van der Waals surface area contributed by atoms with Crippen LogP contribution in [-0.4, -0.2) is 30.0 Å². The predicted octanol–water partition coefficient (Wildman–Crippen LogP) is 2.69. The van der Waals surface area contributed by atoms with Crippen LogP contribution in [0.2, 0.25) is 0 Å². The minimum absolute atomic E-state index is 0.253. The molecule has 0 saturated carbocycles. The first-order chi connectivity index (χ1) is 13.1. The van der Waals surface area contributed by atoms with Gasteiger partial charge in [0.1, 0.15) is 11.5 Å². The first-order valence-corrected chi connectivity index (χ1v) is 9.22. The van der Waals surface area contributed by atoms with E-state index in [-0.39, 0.29) is 17.6 Å². The molecule has 0 atom stereocenters. The molecule has 7 nitrogen and oxygen atoms in total. The molecule has 2 amide bonds. The molecule has 8 heteroatoms. The van der Waals surface area contributed by atoms with Gasteiger partial charge in [-0.3, -0.25) is 9.59 Å². The van der Waals surface area contributed by atoms with Crippen LogP contribution in [0, 0.1) is 0 Å². The number of methoxy groups -OCH3 is 1. The zero-order valence-corrected chi connectivity index (χ0v) is 15.8. The summed E-state index contributed by atoms with van der Waals surface area (Å²) >= 11 is 1.35. The smallest absolute Gasteiger partial charge is 0.286 e. The van der Waals surface area contributed by atoms with Crippen molar-refractivity contribution in [1.82, 2.24) is 9.88 Å². The highest BCUT2D eigenvalue weighted by Gasteiger charge is 2.11. The lowest BCUT2D eigenvalue weighted by Crippen LogP contribution is -2.22. The van der Waals surface area contributed by atoms with Crippen molar-refractivity contribution in [2.45, 2.75) is 13.5 Å². The van der Waals surface area contributed by atoms with E-state index < -0.39 is 0 Å². The summed E-state index contributed by atoms with van der Waals surface area (Å²) in [6.45, 7) is 2.74. The highest BCUT2D eigenvalue weighted by Crippen LogP contribution is 2.13. The molecule has 2 heterocycles. The maximum absolute atomic E-state index is 12.4. The van der Waals surface area contributed by atoms with Gasteiger partial charge in [0.25, 0.3) is 11.8 Å². The third-order valence-corrected chi connectivity index (χ3v) is 4.52. The van der Waals surface area contributed by atoms with Crippen molar-refractivity contribution >= 4 is 23.2 Å². The van der Waals surface area contributed by atoms with Gasteiger partial charge in [-0.05, 0) is 37.3 Å². The summed E-state index contributed by atoms with van der Waals surface area (Å²) in [5, 5.41) is 4.53. The third kappa shape index (κ3) is 4.53. The number of nitrogens with one attached hydrogen (secondary N) is 1. The molecular weight excluding hydrogens is 366 g/mol. The highest BCUT2D eigenvalue weighted by molar-refractivity contribution is 7.07. The van der Waals surface area contributed by atoms with Gasteiger partial charge in [0.15, 0.2) is 10.6 Å². The van der Waals surface area contributed by atoms with Crippen molar-refractivity contribution in [3.63, 3.8) is 0 Å². The van der Waals surface area contributed by atoms with E-state index in [0.717, 1.165) is 0 Å². The van der Waals surface area contributed by atoms with Crippen LogP contribution in [-0.2, 0) is 6.54 Å². The Morgan fingerprint density at radius 2 is 2.15 bits per heavy atom. The fourth-order valence-electron chi connectivity index (χ4n) is 2.42. The molecule has 0 bridgehead atoms. The molecule has 2 aromatic heterocycles. The Labute approximate surface area is 159 Å². The van der Waals surface area contributed by atoms with E-state index in [4.69, 9.17) is 9.15 Å².